The van der Waals surface area contributed by atoms with Gasteiger partial charge in [-0.2, -0.15) is 11.8 Å². The van der Waals surface area contributed by atoms with Crippen LogP contribution in [0.15, 0.2) is 48.5 Å². The molecule has 6 nitrogen and oxygen atoms in total. The third-order valence-corrected chi connectivity index (χ3v) is 6.54. The van der Waals surface area contributed by atoms with Gasteiger partial charge in [-0.05, 0) is 48.3 Å². The molecule has 1 fully saturated rings. The molecule has 9 heteroatoms. The second-order valence-electron chi connectivity index (χ2n) is 7.75. The molecule has 2 atom stereocenters. The third-order valence-electron chi connectivity index (χ3n) is 5.56. The van der Waals surface area contributed by atoms with Gasteiger partial charge >= 0.3 is 0 Å². The van der Waals surface area contributed by atoms with Gasteiger partial charge in [-0.15, -0.1) is 0 Å². The molecule has 2 aromatic rings. The van der Waals surface area contributed by atoms with Crippen LogP contribution in [0.2, 0.25) is 5.02 Å². The SMILES string of the molecule is CSCC[C@@H](NC(=O)c1ccccc1Cl)C(=O)NC[C@@H](c1ccc(F)cc1)N1CCOCC1. The summed E-state index contributed by atoms with van der Waals surface area (Å²) in [6.45, 7) is 2.99. The van der Waals surface area contributed by atoms with Crippen molar-refractivity contribution in [1.82, 2.24) is 15.5 Å². The Morgan fingerprint density at radius 2 is 1.85 bits per heavy atom. The van der Waals surface area contributed by atoms with E-state index in [1.54, 1.807) is 48.2 Å². The summed E-state index contributed by atoms with van der Waals surface area (Å²) in [4.78, 5) is 28.1. The van der Waals surface area contributed by atoms with Crippen LogP contribution in [-0.2, 0) is 9.53 Å². The first kappa shape index (κ1) is 25.5. The van der Waals surface area contributed by atoms with Crippen LogP contribution in [0.5, 0.6) is 0 Å². The molecule has 33 heavy (non-hydrogen) atoms. The minimum absolute atomic E-state index is 0.126. The Hall–Kier alpha value is -2.13. The number of morpholine rings is 1. The maximum Gasteiger partial charge on any atom is 0.253 e. The van der Waals surface area contributed by atoms with E-state index < -0.39 is 6.04 Å². The fraction of sp³-hybridized carbons (Fsp3) is 0.417. The zero-order valence-corrected chi connectivity index (χ0v) is 20.1. The standard InChI is InChI=1S/C24H29ClFN3O3S/c1-33-15-10-21(28-23(30)19-4-2-3-5-20(19)25)24(31)27-16-22(29-11-13-32-14-12-29)17-6-8-18(26)9-7-17/h2-9,21-22H,10-16H2,1H3,(H,27,31)(H,28,30)/t21-,22+/m1/s1. The van der Waals surface area contributed by atoms with E-state index >= 15 is 0 Å². The number of nitrogens with zero attached hydrogens (tertiary/aromatic N) is 1. The number of ether oxygens (including phenoxy) is 1. The molecule has 1 aliphatic rings. The minimum atomic E-state index is -0.695. The lowest BCUT2D eigenvalue weighted by Gasteiger charge is -2.35. The fourth-order valence-corrected chi connectivity index (χ4v) is 4.43. The molecule has 0 aromatic heterocycles. The molecule has 2 amide bonds. The highest BCUT2D eigenvalue weighted by Crippen LogP contribution is 2.22. The van der Waals surface area contributed by atoms with E-state index in [0.29, 0.717) is 42.5 Å². The Kier molecular flexibility index (Phi) is 9.99. The van der Waals surface area contributed by atoms with Gasteiger partial charge in [-0.3, -0.25) is 14.5 Å². The molecule has 2 aromatic carbocycles. The van der Waals surface area contributed by atoms with E-state index in [2.05, 4.69) is 15.5 Å². The molecule has 3 rings (SSSR count). The number of halogens is 2. The van der Waals surface area contributed by atoms with Gasteiger partial charge in [0, 0.05) is 19.6 Å². The number of hydrogen-bond acceptors (Lipinski definition) is 5. The van der Waals surface area contributed by atoms with E-state index in [0.717, 1.165) is 18.7 Å². The summed E-state index contributed by atoms with van der Waals surface area (Å²) in [5.41, 5.74) is 1.25. The Morgan fingerprint density at radius 1 is 1.15 bits per heavy atom. The van der Waals surface area contributed by atoms with Crippen LogP contribution in [-0.4, -0.2) is 67.6 Å². The van der Waals surface area contributed by atoms with E-state index in [4.69, 9.17) is 16.3 Å². The van der Waals surface area contributed by atoms with Crippen LogP contribution < -0.4 is 10.6 Å². The van der Waals surface area contributed by atoms with Crippen molar-refractivity contribution in [1.29, 1.82) is 0 Å². The second kappa shape index (κ2) is 12.9. The van der Waals surface area contributed by atoms with Crippen molar-refractivity contribution in [2.24, 2.45) is 0 Å². The van der Waals surface area contributed by atoms with Crippen molar-refractivity contribution < 1.29 is 18.7 Å². The molecule has 1 saturated heterocycles. The average Bonchev–Trinajstić information content (AvgIpc) is 2.83. The average molecular weight is 494 g/mol. The lowest BCUT2D eigenvalue weighted by molar-refractivity contribution is -0.123. The van der Waals surface area contributed by atoms with Gasteiger partial charge in [0.1, 0.15) is 11.9 Å². The molecule has 0 saturated carbocycles. The largest absolute Gasteiger partial charge is 0.379 e. The zero-order valence-electron chi connectivity index (χ0n) is 18.6. The summed E-state index contributed by atoms with van der Waals surface area (Å²) >= 11 is 7.75. The van der Waals surface area contributed by atoms with Crippen LogP contribution in [0, 0.1) is 5.82 Å². The molecule has 1 heterocycles. The third kappa shape index (κ3) is 7.43. The smallest absolute Gasteiger partial charge is 0.253 e. The van der Waals surface area contributed by atoms with Gasteiger partial charge in [0.05, 0.1) is 29.8 Å². The summed E-state index contributed by atoms with van der Waals surface area (Å²) in [6, 6.07) is 12.3. The topological polar surface area (TPSA) is 70.7 Å². The van der Waals surface area contributed by atoms with Gasteiger partial charge in [-0.1, -0.05) is 35.9 Å². The predicted octanol–water partition coefficient (Wildman–Crippen LogP) is 3.52. The molecule has 1 aliphatic heterocycles. The lowest BCUT2D eigenvalue weighted by Crippen LogP contribution is -2.50. The summed E-state index contributed by atoms with van der Waals surface area (Å²) in [7, 11) is 0. The first-order valence-electron chi connectivity index (χ1n) is 10.9. The quantitative estimate of drug-likeness (QED) is 0.530. The van der Waals surface area contributed by atoms with Gasteiger partial charge in [0.2, 0.25) is 5.91 Å². The first-order valence-corrected chi connectivity index (χ1v) is 12.7. The highest BCUT2D eigenvalue weighted by Gasteiger charge is 2.26. The normalized spacial score (nSPS) is 16.1. The molecule has 0 aliphatic carbocycles. The maximum absolute atomic E-state index is 13.5. The van der Waals surface area contributed by atoms with Gasteiger partial charge in [0.15, 0.2) is 0 Å². The van der Waals surface area contributed by atoms with Crippen LogP contribution in [0.25, 0.3) is 0 Å². The maximum atomic E-state index is 13.5. The molecule has 2 N–H and O–H groups in total. The summed E-state index contributed by atoms with van der Waals surface area (Å²) in [5.74, 6) is -0.232. The highest BCUT2D eigenvalue weighted by molar-refractivity contribution is 7.98. The van der Waals surface area contributed by atoms with Crippen molar-refractivity contribution in [3.63, 3.8) is 0 Å². The summed E-state index contributed by atoms with van der Waals surface area (Å²) in [5, 5.41) is 6.16. The minimum Gasteiger partial charge on any atom is -0.379 e. The van der Waals surface area contributed by atoms with E-state index in [-0.39, 0.29) is 23.7 Å². The lowest BCUT2D eigenvalue weighted by atomic mass is 10.0. The molecule has 0 unspecified atom stereocenters. The van der Waals surface area contributed by atoms with Crippen molar-refractivity contribution in [2.45, 2.75) is 18.5 Å². The van der Waals surface area contributed by atoms with Gasteiger partial charge in [0.25, 0.3) is 5.91 Å². The summed E-state index contributed by atoms with van der Waals surface area (Å²) in [6.07, 6.45) is 2.44. The van der Waals surface area contributed by atoms with Crippen molar-refractivity contribution in [2.75, 3.05) is 44.9 Å². The van der Waals surface area contributed by atoms with E-state index in [9.17, 15) is 14.0 Å². The number of benzene rings is 2. The molecular formula is C24H29ClFN3O3S. The van der Waals surface area contributed by atoms with E-state index in [1.165, 1.54) is 12.1 Å². The van der Waals surface area contributed by atoms with Crippen LogP contribution in [0.3, 0.4) is 0 Å². The predicted molar refractivity (Wildman–Crippen MR) is 130 cm³/mol. The number of rotatable bonds is 10. The Bertz CT molecular complexity index is 925. The number of carbonyl (C=O) groups excluding carboxylic acids is 2. The molecule has 178 valence electrons. The molecule has 0 bridgehead atoms. The monoisotopic (exact) mass is 493 g/mol. The molecular weight excluding hydrogens is 465 g/mol. The second-order valence-corrected chi connectivity index (χ2v) is 9.14. The Morgan fingerprint density at radius 3 is 2.52 bits per heavy atom. The van der Waals surface area contributed by atoms with Gasteiger partial charge in [-0.25, -0.2) is 4.39 Å². The number of carbonyl (C=O) groups is 2. The molecule has 0 radical (unpaired) electrons. The first-order chi connectivity index (χ1) is 16.0. The van der Waals surface area contributed by atoms with Crippen molar-refractivity contribution in [3.05, 3.63) is 70.5 Å². The highest BCUT2D eigenvalue weighted by atomic mass is 35.5. The van der Waals surface area contributed by atoms with Crippen molar-refractivity contribution >= 4 is 35.2 Å². The van der Waals surface area contributed by atoms with E-state index in [1.807, 2.05) is 6.26 Å². The number of nitrogens with one attached hydrogen (secondary N) is 2. The Balaban J connectivity index is 1.70. The Labute approximate surface area is 203 Å². The van der Waals surface area contributed by atoms with Crippen LogP contribution in [0.4, 0.5) is 4.39 Å². The number of hydrogen-bond donors (Lipinski definition) is 2. The fourth-order valence-electron chi connectivity index (χ4n) is 3.74. The van der Waals surface area contributed by atoms with Crippen LogP contribution in [0.1, 0.15) is 28.4 Å². The summed E-state index contributed by atoms with van der Waals surface area (Å²) < 4.78 is 18.9. The molecule has 0 spiro atoms. The number of amides is 2. The number of thioether (sulfide) groups is 1. The van der Waals surface area contributed by atoms with Crippen molar-refractivity contribution in [3.8, 4) is 0 Å². The zero-order chi connectivity index (χ0) is 23.6. The van der Waals surface area contributed by atoms with Crippen LogP contribution >= 0.6 is 23.4 Å². The van der Waals surface area contributed by atoms with Gasteiger partial charge < -0.3 is 15.4 Å².